The first-order chi connectivity index (χ1) is 23.1. The Balaban J connectivity index is 1.22. The van der Waals surface area contributed by atoms with Crippen LogP contribution >= 0.6 is 0 Å². The largest absolute Gasteiger partial charge is 0.487 e. The Labute approximate surface area is 279 Å². The topological polar surface area (TPSA) is 116 Å². The number of hydrogen-bond donors (Lipinski definition) is 3. The van der Waals surface area contributed by atoms with Crippen LogP contribution in [0.25, 0.3) is 21.7 Å². The summed E-state index contributed by atoms with van der Waals surface area (Å²) in [5, 5.41) is 19.0. The normalized spacial score (nSPS) is 16.9. The van der Waals surface area contributed by atoms with Crippen molar-refractivity contribution in [1.29, 1.82) is 0 Å². The summed E-state index contributed by atoms with van der Waals surface area (Å²) in [4.78, 5) is 43.7. The molecule has 2 heterocycles. The summed E-state index contributed by atoms with van der Waals surface area (Å²) in [6.07, 6.45) is 1.65. The summed E-state index contributed by atoms with van der Waals surface area (Å²) in [6, 6.07) is 25.9. The number of para-hydroxylation sites is 1. The molecule has 0 aliphatic carbocycles. The third-order valence-corrected chi connectivity index (χ3v) is 9.11. The SMILES string of the molecule is C[C@@H]1CN([C@H](C)CO)C(=O)c2cc(NC(=O)Cc3cn(C)c4ccccc34)ccc2O[C@@H]1CN(C)C(=O)Nc1cccc2ccccc12. The van der Waals surface area contributed by atoms with Gasteiger partial charge in [0.15, 0.2) is 0 Å². The fourth-order valence-corrected chi connectivity index (χ4v) is 6.36. The quantitative estimate of drug-likeness (QED) is 0.194. The van der Waals surface area contributed by atoms with E-state index in [1.54, 1.807) is 42.0 Å². The maximum absolute atomic E-state index is 13.9. The van der Waals surface area contributed by atoms with Gasteiger partial charge in [-0.25, -0.2) is 4.79 Å². The molecule has 1 aromatic heterocycles. The second kappa shape index (κ2) is 13.8. The Morgan fingerprint density at radius 2 is 1.73 bits per heavy atom. The molecule has 0 spiro atoms. The lowest BCUT2D eigenvalue weighted by Crippen LogP contribution is -2.50. The molecule has 6 rings (SSSR count). The third-order valence-electron chi connectivity index (χ3n) is 9.11. The first-order valence-electron chi connectivity index (χ1n) is 16.2. The van der Waals surface area contributed by atoms with E-state index in [1.807, 2.05) is 91.5 Å². The van der Waals surface area contributed by atoms with Crippen LogP contribution in [0.1, 0.15) is 29.8 Å². The third kappa shape index (κ3) is 6.70. The predicted molar refractivity (Wildman–Crippen MR) is 188 cm³/mol. The number of urea groups is 1. The summed E-state index contributed by atoms with van der Waals surface area (Å²) in [5.41, 5.74) is 3.40. The van der Waals surface area contributed by atoms with Crippen molar-refractivity contribution in [3.63, 3.8) is 0 Å². The van der Waals surface area contributed by atoms with Gasteiger partial charge in [0.1, 0.15) is 11.9 Å². The fourth-order valence-electron chi connectivity index (χ4n) is 6.36. The molecule has 4 amide bonds. The minimum atomic E-state index is -0.472. The van der Waals surface area contributed by atoms with Gasteiger partial charge in [-0.15, -0.1) is 0 Å². The van der Waals surface area contributed by atoms with Crippen molar-refractivity contribution < 1.29 is 24.2 Å². The smallest absolute Gasteiger partial charge is 0.321 e. The van der Waals surface area contributed by atoms with Crippen LogP contribution in [0.3, 0.4) is 0 Å². The number of rotatable bonds is 8. The zero-order chi connectivity index (χ0) is 33.9. The average Bonchev–Trinajstić information content (AvgIpc) is 3.40. The van der Waals surface area contributed by atoms with Crippen molar-refractivity contribution in [2.75, 3.05) is 37.4 Å². The van der Waals surface area contributed by atoms with Gasteiger partial charge in [-0.05, 0) is 48.2 Å². The number of ether oxygens (including phenoxy) is 1. The first kappa shape index (κ1) is 32.6. The molecule has 4 aromatic carbocycles. The van der Waals surface area contributed by atoms with Gasteiger partial charge in [0, 0.05) is 54.7 Å². The van der Waals surface area contributed by atoms with Gasteiger partial charge in [-0.2, -0.15) is 0 Å². The molecule has 10 heteroatoms. The molecule has 1 aliphatic rings. The minimum absolute atomic E-state index is 0.170. The number of anilines is 2. The highest BCUT2D eigenvalue weighted by Gasteiger charge is 2.34. The van der Waals surface area contributed by atoms with Crippen molar-refractivity contribution in [3.05, 3.63) is 102 Å². The number of aliphatic hydroxyl groups excluding tert-OH is 1. The zero-order valence-corrected chi connectivity index (χ0v) is 27.6. The van der Waals surface area contributed by atoms with E-state index in [4.69, 9.17) is 4.74 Å². The van der Waals surface area contributed by atoms with E-state index < -0.39 is 12.1 Å². The molecule has 10 nitrogen and oxygen atoms in total. The molecule has 0 saturated heterocycles. The highest BCUT2D eigenvalue weighted by Crippen LogP contribution is 2.31. The Morgan fingerprint density at radius 3 is 2.52 bits per heavy atom. The molecule has 1 aliphatic heterocycles. The number of carbonyl (C=O) groups excluding carboxylic acids is 3. The second-order valence-corrected chi connectivity index (χ2v) is 12.7. The number of likely N-dealkylation sites (N-methyl/N-ethyl adjacent to an activating group) is 1. The first-order valence-corrected chi connectivity index (χ1v) is 16.2. The van der Waals surface area contributed by atoms with Crippen molar-refractivity contribution in [2.45, 2.75) is 32.4 Å². The summed E-state index contributed by atoms with van der Waals surface area (Å²) in [6.45, 7) is 4.10. The van der Waals surface area contributed by atoms with Gasteiger partial charge in [0.05, 0.1) is 36.9 Å². The van der Waals surface area contributed by atoms with Crippen LogP contribution in [-0.2, 0) is 18.3 Å². The zero-order valence-electron chi connectivity index (χ0n) is 27.6. The lowest BCUT2D eigenvalue weighted by atomic mass is 9.99. The van der Waals surface area contributed by atoms with Crippen LogP contribution < -0.4 is 15.4 Å². The molecule has 248 valence electrons. The summed E-state index contributed by atoms with van der Waals surface area (Å²) >= 11 is 0. The number of amides is 4. The average molecular weight is 648 g/mol. The molecule has 0 radical (unpaired) electrons. The van der Waals surface area contributed by atoms with Gasteiger partial charge in [-0.1, -0.05) is 61.5 Å². The van der Waals surface area contributed by atoms with E-state index in [9.17, 15) is 19.5 Å². The number of aryl methyl sites for hydroxylation is 1. The summed E-state index contributed by atoms with van der Waals surface area (Å²) < 4.78 is 8.48. The second-order valence-electron chi connectivity index (χ2n) is 12.7. The maximum atomic E-state index is 13.9. The van der Waals surface area contributed by atoms with Gasteiger partial charge in [-0.3, -0.25) is 9.59 Å². The Morgan fingerprint density at radius 1 is 1.00 bits per heavy atom. The van der Waals surface area contributed by atoms with E-state index in [0.717, 1.165) is 27.2 Å². The molecule has 0 fully saturated rings. The molecule has 48 heavy (non-hydrogen) atoms. The van der Waals surface area contributed by atoms with Crippen molar-refractivity contribution in [1.82, 2.24) is 14.4 Å². The number of nitrogens with zero attached hydrogens (tertiary/aromatic N) is 3. The number of hydrogen-bond acceptors (Lipinski definition) is 5. The summed E-state index contributed by atoms with van der Waals surface area (Å²) in [5.74, 6) is -0.342. The molecule has 0 bridgehead atoms. The monoisotopic (exact) mass is 647 g/mol. The van der Waals surface area contributed by atoms with Crippen LogP contribution in [0.5, 0.6) is 5.75 Å². The Kier molecular flexibility index (Phi) is 9.36. The van der Waals surface area contributed by atoms with E-state index >= 15 is 0 Å². The lowest BCUT2D eigenvalue weighted by molar-refractivity contribution is -0.115. The van der Waals surface area contributed by atoms with Crippen molar-refractivity contribution >= 4 is 50.9 Å². The van der Waals surface area contributed by atoms with E-state index in [2.05, 4.69) is 10.6 Å². The van der Waals surface area contributed by atoms with E-state index in [-0.39, 0.29) is 48.9 Å². The highest BCUT2D eigenvalue weighted by atomic mass is 16.5. The number of carbonyl (C=O) groups is 3. The molecule has 0 unspecified atom stereocenters. The molecule has 5 aromatic rings. The molecular formula is C38H41N5O5. The maximum Gasteiger partial charge on any atom is 0.321 e. The van der Waals surface area contributed by atoms with Gasteiger partial charge < -0.3 is 34.8 Å². The standard InChI is InChI=1S/C38H41N5O5/c1-24-20-43(25(2)23-44)37(46)31-19-28(39-36(45)18-27-21-41(3)33-15-8-7-13-30(27)33)16-17-34(31)48-35(24)22-42(4)38(47)40-32-14-9-11-26-10-5-6-12-29(26)32/h5-17,19,21,24-25,35,44H,18,20,22-23H2,1-4H3,(H,39,45)(H,40,47)/t24-,25-,35-/m1/s1. The van der Waals surface area contributed by atoms with Crippen LogP contribution in [0.2, 0.25) is 0 Å². The molecule has 3 N–H and O–H groups in total. The number of aromatic nitrogens is 1. The predicted octanol–water partition coefficient (Wildman–Crippen LogP) is 5.90. The molecule has 0 saturated carbocycles. The Bertz CT molecular complexity index is 1980. The summed E-state index contributed by atoms with van der Waals surface area (Å²) in [7, 11) is 3.66. The van der Waals surface area contributed by atoms with Crippen LogP contribution in [0.15, 0.2) is 91.1 Å². The number of nitrogens with one attached hydrogen (secondary N) is 2. The van der Waals surface area contributed by atoms with E-state index in [1.165, 1.54) is 0 Å². The van der Waals surface area contributed by atoms with Gasteiger partial charge in [0.25, 0.3) is 5.91 Å². The number of benzene rings is 4. The number of fused-ring (bicyclic) bond motifs is 3. The lowest BCUT2D eigenvalue weighted by Gasteiger charge is -2.38. The van der Waals surface area contributed by atoms with E-state index in [0.29, 0.717) is 23.7 Å². The van der Waals surface area contributed by atoms with Crippen LogP contribution in [0.4, 0.5) is 16.2 Å². The van der Waals surface area contributed by atoms with Gasteiger partial charge in [0.2, 0.25) is 5.91 Å². The van der Waals surface area contributed by atoms with Crippen LogP contribution in [0, 0.1) is 5.92 Å². The highest BCUT2D eigenvalue weighted by molar-refractivity contribution is 6.02. The van der Waals surface area contributed by atoms with Gasteiger partial charge >= 0.3 is 6.03 Å². The molecular weight excluding hydrogens is 606 g/mol. The minimum Gasteiger partial charge on any atom is -0.487 e. The number of aliphatic hydroxyl groups is 1. The Hall–Kier alpha value is -5.35. The van der Waals surface area contributed by atoms with Crippen molar-refractivity contribution in [2.24, 2.45) is 13.0 Å². The van der Waals surface area contributed by atoms with Crippen LogP contribution in [-0.4, -0.2) is 76.2 Å². The fraction of sp³-hybridized carbons (Fsp3) is 0.289. The molecule has 3 atom stereocenters. The van der Waals surface area contributed by atoms with Crippen molar-refractivity contribution in [3.8, 4) is 5.75 Å².